The van der Waals surface area contributed by atoms with E-state index in [4.69, 9.17) is 10.5 Å². The number of nitrogen functional groups attached to an aromatic ring is 1. The average Bonchev–Trinajstić information content (AvgIpc) is 3.57. The molecule has 4 aromatic rings. The number of nitrogens with two attached hydrogens (primary N) is 1. The molecule has 0 radical (unpaired) electrons. The number of aliphatic hydroxyl groups is 1. The van der Waals surface area contributed by atoms with Crippen molar-refractivity contribution in [2.45, 2.75) is 69.2 Å². The zero-order valence-electron chi connectivity index (χ0n) is 30.2. The van der Waals surface area contributed by atoms with Crippen molar-refractivity contribution >= 4 is 48.9 Å². The quantitative estimate of drug-likeness (QED) is 0.0608. The Balaban J connectivity index is 1.18. The van der Waals surface area contributed by atoms with Gasteiger partial charge in [-0.3, -0.25) is 24.5 Å². The Morgan fingerprint density at radius 2 is 1.74 bits per heavy atom. The molecule has 5 atom stereocenters. The van der Waals surface area contributed by atoms with Crippen LogP contribution in [0.1, 0.15) is 46.0 Å². The molecule has 0 aliphatic carbocycles. The smallest absolute Gasteiger partial charge is 0.269 e. The molecule has 3 heterocycles. The number of rotatable bonds is 9. The number of benzene rings is 4. The third-order valence-corrected chi connectivity index (χ3v) is 13.6. The first-order valence-electron chi connectivity index (χ1n) is 17.9. The summed E-state index contributed by atoms with van der Waals surface area (Å²) in [6, 6.07) is 24.9. The molecular formula is C40H42FN5O7Si. The van der Waals surface area contributed by atoms with Crippen LogP contribution in [0.4, 0.5) is 26.9 Å². The summed E-state index contributed by atoms with van der Waals surface area (Å²) in [5.74, 6) is -1.92. The summed E-state index contributed by atoms with van der Waals surface area (Å²) < 4.78 is 23.2. The second-order valence-electron chi connectivity index (χ2n) is 14.9. The Morgan fingerprint density at radius 3 is 2.39 bits per heavy atom. The number of hydrogen-bond acceptors (Lipinski definition) is 8. The van der Waals surface area contributed by atoms with Crippen molar-refractivity contribution in [3.8, 4) is 0 Å². The number of aliphatic hydroxyl groups excluding tert-OH is 1. The second-order valence-corrected chi connectivity index (χ2v) is 18.7. The van der Waals surface area contributed by atoms with E-state index in [0.29, 0.717) is 34.6 Å². The molecule has 3 amide bonds. The zero-order chi connectivity index (χ0) is 38.5. The molecule has 12 nitrogen and oxygen atoms in total. The molecule has 280 valence electrons. The number of nitrogens with zero attached hydrogens (tertiary/aromatic N) is 3. The Labute approximate surface area is 313 Å². The number of ether oxygens (including phenoxy) is 1. The number of carbonyl (C=O) groups excluding carboxylic acids is 3. The molecule has 7 rings (SSSR count). The number of nitrogens with one attached hydrogen (secondary N) is 1. The number of halogens is 1. The lowest BCUT2D eigenvalue weighted by Gasteiger charge is -2.37. The summed E-state index contributed by atoms with van der Waals surface area (Å²) in [5.41, 5.74) is 7.77. The highest BCUT2D eigenvalue weighted by molar-refractivity contribution is 6.72. The van der Waals surface area contributed by atoms with Crippen molar-refractivity contribution in [2.24, 2.45) is 5.92 Å². The van der Waals surface area contributed by atoms with E-state index < -0.39 is 48.4 Å². The van der Waals surface area contributed by atoms with Crippen LogP contribution in [0.15, 0.2) is 91.0 Å². The van der Waals surface area contributed by atoms with Gasteiger partial charge in [0.05, 0.1) is 42.3 Å². The minimum absolute atomic E-state index is 0.0593. The van der Waals surface area contributed by atoms with Gasteiger partial charge in [-0.1, -0.05) is 43.3 Å². The highest BCUT2D eigenvalue weighted by Gasteiger charge is 2.67. The first-order chi connectivity index (χ1) is 25.7. The van der Waals surface area contributed by atoms with Crippen LogP contribution >= 0.6 is 0 Å². The fourth-order valence-electron chi connectivity index (χ4n) is 8.55. The lowest BCUT2D eigenvalue weighted by atomic mass is 9.82. The van der Waals surface area contributed by atoms with Crippen molar-refractivity contribution in [1.82, 2.24) is 4.90 Å². The van der Waals surface area contributed by atoms with Crippen molar-refractivity contribution < 1.29 is 33.3 Å². The van der Waals surface area contributed by atoms with Gasteiger partial charge in [0.15, 0.2) is 5.60 Å². The largest absolute Gasteiger partial charge is 0.399 e. The highest BCUT2D eigenvalue weighted by atomic mass is 28.4. The first kappa shape index (κ1) is 36.9. The maximum atomic E-state index is 16.5. The first-order valence-corrected chi connectivity index (χ1v) is 20.9. The van der Waals surface area contributed by atoms with Gasteiger partial charge in [-0.15, -0.1) is 0 Å². The molecule has 4 N–H and O–H groups in total. The molecule has 0 unspecified atom stereocenters. The van der Waals surface area contributed by atoms with Gasteiger partial charge >= 0.3 is 0 Å². The van der Waals surface area contributed by atoms with Gasteiger partial charge in [0.1, 0.15) is 0 Å². The van der Waals surface area contributed by atoms with Gasteiger partial charge in [0.2, 0.25) is 14.3 Å². The minimum atomic E-state index is -3.66. The Hall–Kier alpha value is -5.44. The molecule has 3 aliphatic rings. The van der Waals surface area contributed by atoms with Crippen LogP contribution in [-0.4, -0.2) is 59.8 Å². The van der Waals surface area contributed by atoms with Gasteiger partial charge < -0.3 is 34.8 Å². The van der Waals surface area contributed by atoms with Gasteiger partial charge in [-0.25, -0.2) is 0 Å². The molecule has 3 aliphatic heterocycles. The number of non-ortho nitro benzene ring substituents is 1. The summed E-state index contributed by atoms with van der Waals surface area (Å²) in [6.45, 7) is 4.88. The normalized spacial score (nSPS) is 23.3. The molecular weight excluding hydrogens is 710 g/mol. The Morgan fingerprint density at radius 1 is 1.06 bits per heavy atom. The van der Waals surface area contributed by atoms with Crippen LogP contribution in [0.3, 0.4) is 0 Å². The molecule has 0 saturated carbocycles. The maximum Gasteiger partial charge on any atom is 0.269 e. The van der Waals surface area contributed by atoms with Crippen LogP contribution in [-0.2, 0) is 39.4 Å². The maximum absolute atomic E-state index is 16.5. The van der Waals surface area contributed by atoms with Crippen LogP contribution < -0.4 is 16.0 Å². The van der Waals surface area contributed by atoms with Gasteiger partial charge in [0.25, 0.3) is 17.5 Å². The average molecular weight is 752 g/mol. The Bertz CT molecular complexity index is 2130. The van der Waals surface area contributed by atoms with Crippen LogP contribution in [0.2, 0.25) is 18.6 Å². The number of fused-ring (bicyclic) bond motifs is 3. The SMILES string of the molecule is C[C@H]1[C@H]([Si](C)(C)F)[C@@H](CC(=O)N2Cc3ccccc3C[C@H]2CO)O[C@]12C(=O)N(Cc1ccc(NC(=O)c3ccc(N)cc3)cc1)c1ccc([N+](=O)[O-])cc12. The van der Waals surface area contributed by atoms with E-state index in [1.165, 1.54) is 36.2 Å². The second kappa shape index (κ2) is 14.1. The lowest BCUT2D eigenvalue weighted by molar-refractivity contribution is -0.385. The molecule has 0 aromatic heterocycles. The summed E-state index contributed by atoms with van der Waals surface area (Å²) in [7, 11) is -3.66. The number of nitro benzene ring substituents is 1. The van der Waals surface area contributed by atoms with E-state index in [9.17, 15) is 29.6 Å². The Kier molecular flexibility index (Phi) is 9.62. The van der Waals surface area contributed by atoms with Gasteiger partial charge in [-0.05, 0) is 78.7 Å². The monoisotopic (exact) mass is 751 g/mol. The number of anilines is 3. The summed E-state index contributed by atoms with van der Waals surface area (Å²) >= 11 is 0. The molecule has 54 heavy (non-hydrogen) atoms. The predicted octanol–water partition coefficient (Wildman–Crippen LogP) is 6.09. The van der Waals surface area contributed by atoms with E-state index in [-0.39, 0.29) is 49.2 Å². The van der Waals surface area contributed by atoms with Crippen LogP contribution in [0.5, 0.6) is 0 Å². The van der Waals surface area contributed by atoms with E-state index >= 15 is 4.11 Å². The third-order valence-electron chi connectivity index (χ3n) is 11.1. The number of hydrogen-bond donors (Lipinski definition) is 3. The van der Waals surface area contributed by atoms with E-state index in [1.54, 1.807) is 60.4 Å². The fourth-order valence-corrected chi connectivity index (χ4v) is 11.0. The predicted molar refractivity (Wildman–Crippen MR) is 204 cm³/mol. The highest BCUT2D eigenvalue weighted by Crippen LogP contribution is 2.60. The standard InChI is InChI=1S/C40H42FN5O7Si/c1-24-37(54(2,3)41)35(20-36(48)44-22-28-7-5-4-6-27(28)18-32(44)23-47)53-40(24)33-19-31(46(51)52)16-17-34(33)45(39(40)50)21-25-8-14-30(15-9-25)43-38(49)26-10-12-29(42)13-11-26/h4-17,19,24,32,35,37,47H,18,20-23,42H2,1-3H3,(H,43,49)/t24-,32-,35+,37-,40+/m0/s1. The topological polar surface area (TPSA) is 168 Å². The summed E-state index contributed by atoms with van der Waals surface area (Å²) in [4.78, 5) is 56.3. The van der Waals surface area contributed by atoms with Crippen molar-refractivity contribution in [1.29, 1.82) is 0 Å². The van der Waals surface area contributed by atoms with Gasteiger partial charge in [0, 0.05) is 52.6 Å². The molecule has 1 saturated heterocycles. The fraction of sp³-hybridized carbons (Fsp3) is 0.325. The van der Waals surface area contributed by atoms with Crippen molar-refractivity contribution in [3.63, 3.8) is 0 Å². The van der Waals surface area contributed by atoms with E-state index in [1.807, 2.05) is 24.3 Å². The van der Waals surface area contributed by atoms with Crippen molar-refractivity contribution in [2.75, 3.05) is 22.6 Å². The number of amides is 3. The summed E-state index contributed by atoms with van der Waals surface area (Å²) in [5, 5.41) is 25.1. The third kappa shape index (κ3) is 6.54. The molecule has 14 heteroatoms. The van der Waals surface area contributed by atoms with E-state index in [0.717, 1.165) is 11.1 Å². The molecule has 0 bridgehead atoms. The molecule has 4 aromatic carbocycles. The minimum Gasteiger partial charge on any atom is -0.399 e. The molecule has 1 fully saturated rings. The van der Waals surface area contributed by atoms with E-state index in [2.05, 4.69) is 5.32 Å². The number of carbonyl (C=O) groups is 3. The summed E-state index contributed by atoms with van der Waals surface area (Å²) in [6.07, 6.45) is -0.760. The van der Waals surface area contributed by atoms with Gasteiger partial charge in [-0.2, -0.15) is 0 Å². The number of nitro groups is 1. The molecule has 1 spiro atoms. The van der Waals surface area contributed by atoms with Crippen molar-refractivity contribution in [3.05, 3.63) is 129 Å². The zero-order valence-corrected chi connectivity index (χ0v) is 31.2. The van der Waals surface area contributed by atoms with Crippen LogP contribution in [0.25, 0.3) is 0 Å². The lowest BCUT2D eigenvalue weighted by Crippen LogP contribution is -2.48. The van der Waals surface area contributed by atoms with Crippen LogP contribution in [0, 0.1) is 16.0 Å².